The van der Waals surface area contributed by atoms with Crippen LogP contribution in [0.2, 0.25) is 0 Å². The van der Waals surface area contributed by atoms with Gasteiger partial charge in [0.25, 0.3) is 0 Å². The van der Waals surface area contributed by atoms with Gasteiger partial charge in [-0.15, -0.1) is 11.8 Å². The molecule has 0 atom stereocenters. The van der Waals surface area contributed by atoms with Crippen molar-refractivity contribution in [1.82, 2.24) is 0 Å². The normalized spacial score (nSPS) is 10.2. The molecule has 0 aliphatic carbocycles. The number of hydrogen-bond acceptors (Lipinski definition) is 4. The zero-order chi connectivity index (χ0) is 12.7. The van der Waals surface area contributed by atoms with E-state index in [4.69, 9.17) is 4.74 Å². The van der Waals surface area contributed by atoms with Gasteiger partial charge in [0.05, 0.1) is 18.7 Å². The van der Waals surface area contributed by atoms with E-state index < -0.39 is 0 Å². The Hall–Kier alpha value is -1.23. The molecule has 0 radical (unpaired) electrons. The number of hydrogen-bond donors (Lipinski definition) is 1. The maximum atomic E-state index is 11.9. The van der Waals surface area contributed by atoms with Gasteiger partial charge in [-0.05, 0) is 30.7 Å². The van der Waals surface area contributed by atoms with E-state index in [9.17, 15) is 14.3 Å². The fourth-order valence-electron chi connectivity index (χ4n) is 1.34. The number of rotatable bonds is 7. The Morgan fingerprint density at radius 2 is 2.24 bits per heavy atom. The molecular formula is C12H15FO3S. The highest BCUT2D eigenvalue weighted by Crippen LogP contribution is 2.38. The van der Waals surface area contributed by atoms with Gasteiger partial charge >= 0.3 is 0 Å². The number of halogens is 1. The first-order chi connectivity index (χ1) is 8.22. The minimum atomic E-state index is -0.326. The SMILES string of the molecule is COc1cc(C=O)cc(O)c1SCCCCF. The maximum Gasteiger partial charge on any atom is 0.150 e. The standard InChI is InChI=1S/C12H15FO3S/c1-16-11-7-9(8-14)6-10(15)12(11)17-5-3-2-4-13/h6-8,15H,2-5H2,1H3. The number of phenolic OH excluding ortho intramolecular Hbond substituents is 1. The first-order valence-corrected chi connectivity index (χ1v) is 6.26. The number of unbranched alkanes of at least 4 members (excludes halogenated alkanes) is 1. The summed E-state index contributed by atoms with van der Waals surface area (Å²) < 4.78 is 17.0. The molecule has 0 saturated heterocycles. The van der Waals surface area contributed by atoms with E-state index in [1.165, 1.54) is 24.9 Å². The lowest BCUT2D eigenvalue weighted by molar-refractivity contribution is 0.112. The molecule has 0 unspecified atom stereocenters. The number of benzene rings is 1. The number of ether oxygens (including phenoxy) is 1. The van der Waals surface area contributed by atoms with Crippen LogP contribution in [0.3, 0.4) is 0 Å². The minimum absolute atomic E-state index is 0.0247. The third-order valence-corrected chi connectivity index (χ3v) is 3.38. The highest BCUT2D eigenvalue weighted by Gasteiger charge is 2.11. The van der Waals surface area contributed by atoms with E-state index in [1.807, 2.05) is 0 Å². The molecule has 5 heteroatoms. The molecule has 0 spiro atoms. The van der Waals surface area contributed by atoms with Gasteiger partial charge in [-0.2, -0.15) is 0 Å². The predicted octanol–water partition coefficient (Wildman–Crippen LogP) is 3.06. The molecule has 0 saturated carbocycles. The van der Waals surface area contributed by atoms with Crippen LogP contribution < -0.4 is 4.74 Å². The Bertz CT molecular complexity index is 382. The smallest absolute Gasteiger partial charge is 0.150 e. The molecule has 94 valence electrons. The third kappa shape index (κ3) is 3.93. The van der Waals surface area contributed by atoms with Crippen LogP contribution in [0.1, 0.15) is 23.2 Å². The van der Waals surface area contributed by atoms with Crippen molar-refractivity contribution in [3.63, 3.8) is 0 Å². The second-order valence-corrected chi connectivity index (χ2v) is 4.54. The summed E-state index contributed by atoms with van der Waals surface area (Å²) in [5.41, 5.74) is 0.368. The predicted molar refractivity (Wildman–Crippen MR) is 66.0 cm³/mol. The second-order valence-electron chi connectivity index (χ2n) is 3.43. The zero-order valence-electron chi connectivity index (χ0n) is 9.61. The van der Waals surface area contributed by atoms with E-state index in [1.54, 1.807) is 6.07 Å². The summed E-state index contributed by atoms with van der Waals surface area (Å²) in [7, 11) is 1.48. The molecule has 0 aliphatic heterocycles. The van der Waals surface area contributed by atoms with Gasteiger partial charge in [0.1, 0.15) is 17.8 Å². The zero-order valence-corrected chi connectivity index (χ0v) is 10.4. The summed E-state index contributed by atoms with van der Waals surface area (Å²) in [6.07, 6.45) is 1.90. The summed E-state index contributed by atoms with van der Waals surface area (Å²) in [4.78, 5) is 11.2. The van der Waals surface area contributed by atoms with Crippen molar-refractivity contribution in [2.75, 3.05) is 19.5 Å². The van der Waals surface area contributed by atoms with Crippen LogP contribution in [-0.4, -0.2) is 30.9 Å². The third-order valence-electron chi connectivity index (χ3n) is 2.19. The van der Waals surface area contributed by atoms with Crippen LogP contribution in [0.5, 0.6) is 11.5 Å². The highest BCUT2D eigenvalue weighted by molar-refractivity contribution is 7.99. The lowest BCUT2D eigenvalue weighted by Gasteiger charge is -2.10. The van der Waals surface area contributed by atoms with Crippen LogP contribution in [0, 0.1) is 0 Å². The molecule has 0 amide bonds. The van der Waals surface area contributed by atoms with Crippen molar-refractivity contribution in [3.05, 3.63) is 17.7 Å². The topological polar surface area (TPSA) is 46.5 Å². The number of methoxy groups -OCH3 is 1. The average molecular weight is 258 g/mol. The molecule has 0 bridgehead atoms. The number of aromatic hydroxyl groups is 1. The quantitative estimate of drug-likeness (QED) is 0.464. The molecule has 0 aliphatic rings. The van der Waals surface area contributed by atoms with Crippen molar-refractivity contribution in [3.8, 4) is 11.5 Å². The number of thioether (sulfide) groups is 1. The van der Waals surface area contributed by atoms with Gasteiger partial charge in [-0.1, -0.05) is 0 Å². The van der Waals surface area contributed by atoms with Crippen LogP contribution in [-0.2, 0) is 0 Å². The fourth-order valence-corrected chi connectivity index (χ4v) is 2.39. The molecule has 0 aromatic heterocycles. The summed E-state index contributed by atoms with van der Waals surface area (Å²) in [5, 5.41) is 9.76. The van der Waals surface area contributed by atoms with Crippen molar-refractivity contribution >= 4 is 18.0 Å². The van der Waals surface area contributed by atoms with Crippen LogP contribution in [0.15, 0.2) is 17.0 Å². The average Bonchev–Trinajstić information content (AvgIpc) is 2.35. The van der Waals surface area contributed by atoms with Crippen molar-refractivity contribution in [2.24, 2.45) is 0 Å². The van der Waals surface area contributed by atoms with E-state index in [0.29, 0.717) is 34.7 Å². The number of aldehydes is 1. The van der Waals surface area contributed by atoms with E-state index in [2.05, 4.69) is 0 Å². The first-order valence-electron chi connectivity index (χ1n) is 5.28. The van der Waals surface area contributed by atoms with Gasteiger partial charge in [0, 0.05) is 5.56 Å². The van der Waals surface area contributed by atoms with Crippen LogP contribution >= 0.6 is 11.8 Å². The molecule has 17 heavy (non-hydrogen) atoms. The Balaban J connectivity index is 2.79. The lowest BCUT2D eigenvalue weighted by atomic mass is 10.2. The maximum absolute atomic E-state index is 11.9. The molecule has 0 heterocycles. The monoisotopic (exact) mass is 258 g/mol. The molecule has 3 nitrogen and oxygen atoms in total. The van der Waals surface area contributed by atoms with Gasteiger partial charge in [-0.3, -0.25) is 9.18 Å². The number of alkyl halides is 1. The highest BCUT2D eigenvalue weighted by atomic mass is 32.2. The Morgan fingerprint density at radius 3 is 2.82 bits per heavy atom. The van der Waals surface area contributed by atoms with Gasteiger partial charge in [0.2, 0.25) is 0 Å². The van der Waals surface area contributed by atoms with Crippen molar-refractivity contribution in [1.29, 1.82) is 0 Å². The van der Waals surface area contributed by atoms with Crippen molar-refractivity contribution in [2.45, 2.75) is 17.7 Å². The Labute approximate surface area is 104 Å². The number of carbonyl (C=O) groups is 1. The Kier molecular flexibility index (Phi) is 5.83. The lowest BCUT2D eigenvalue weighted by Crippen LogP contribution is -1.91. The van der Waals surface area contributed by atoms with E-state index in [-0.39, 0.29) is 12.4 Å². The largest absolute Gasteiger partial charge is 0.507 e. The summed E-state index contributed by atoms with van der Waals surface area (Å²) in [5.74, 6) is 1.20. The number of phenols is 1. The molecule has 1 rings (SSSR count). The number of carbonyl (C=O) groups excluding carboxylic acids is 1. The summed E-state index contributed by atoms with van der Waals surface area (Å²) in [6, 6.07) is 2.97. The van der Waals surface area contributed by atoms with E-state index >= 15 is 0 Å². The van der Waals surface area contributed by atoms with Gasteiger partial charge < -0.3 is 9.84 Å². The van der Waals surface area contributed by atoms with Crippen molar-refractivity contribution < 1.29 is 19.0 Å². The Morgan fingerprint density at radius 1 is 1.47 bits per heavy atom. The molecule has 1 aromatic carbocycles. The first kappa shape index (κ1) is 13.8. The molecule has 0 fully saturated rings. The van der Waals surface area contributed by atoms with Gasteiger partial charge in [0.15, 0.2) is 0 Å². The summed E-state index contributed by atoms with van der Waals surface area (Å²) >= 11 is 1.40. The minimum Gasteiger partial charge on any atom is -0.507 e. The van der Waals surface area contributed by atoms with Crippen LogP contribution in [0.4, 0.5) is 4.39 Å². The van der Waals surface area contributed by atoms with E-state index in [0.717, 1.165) is 6.42 Å². The second kappa shape index (κ2) is 7.17. The molecule has 1 aromatic rings. The summed E-state index contributed by atoms with van der Waals surface area (Å²) in [6.45, 7) is -0.326. The molecular weight excluding hydrogens is 243 g/mol. The van der Waals surface area contributed by atoms with Gasteiger partial charge in [-0.25, -0.2) is 0 Å². The van der Waals surface area contributed by atoms with Crippen LogP contribution in [0.25, 0.3) is 0 Å². The molecule has 1 N–H and O–H groups in total. The fraction of sp³-hybridized carbons (Fsp3) is 0.417.